The van der Waals surface area contributed by atoms with Gasteiger partial charge in [0, 0.05) is 25.0 Å². The first kappa shape index (κ1) is 10.5. The zero-order valence-electron chi connectivity index (χ0n) is 8.38. The topological polar surface area (TPSA) is 73.3 Å². The number of aliphatic hydroxyl groups is 1. The molecule has 1 aliphatic heterocycles. The zero-order chi connectivity index (χ0) is 10.1. The number of hydrogen-bond acceptors (Lipinski definition) is 3. The fraction of sp³-hybridized carbons (Fsp3) is 0.889. The van der Waals surface area contributed by atoms with Crippen molar-refractivity contribution in [1.29, 1.82) is 5.41 Å². The van der Waals surface area contributed by atoms with E-state index >= 15 is 0 Å². The van der Waals surface area contributed by atoms with Crippen molar-refractivity contribution in [3.8, 4) is 0 Å². The number of rotatable bonds is 3. The van der Waals surface area contributed by atoms with Gasteiger partial charge in [-0.1, -0.05) is 0 Å². The highest BCUT2D eigenvalue weighted by atomic mass is 16.3. The number of nitrogens with two attached hydrogens (primary N) is 1. The number of aliphatic hydroxyl groups excluding tert-OH is 1. The van der Waals surface area contributed by atoms with Gasteiger partial charge in [0.05, 0.1) is 11.9 Å². The second-order valence-corrected chi connectivity index (χ2v) is 4.22. The third kappa shape index (κ3) is 2.19. The third-order valence-corrected chi connectivity index (χ3v) is 2.95. The molecule has 0 radical (unpaired) electrons. The van der Waals surface area contributed by atoms with Gasteiger partial charge in [0.2, 0.25) is 0 Å². The smallest absolute Gasteiger partial charge is 0.0918 e. The lowest BCUT2D eigenvalue weighted by molar-refractivity contribution is 0.0561. The Labute approximate surface area is 79.2 Å². The molecule has 0 saturated carbocycles. The van der Waals surface area contributed by atoms with Gasteiger partial charge < -0.3 is 10.8 Å². The fourth-order valence-corrected chi connectivity index (χ4v) is 1.79. The van der Waals surface area contributed by atoms with Crippen molar-refractivity contribution in [2.24, 2.45) is 5.73 Å². The lowest BCUT2D eigenvalue weighted by Gasteiger charge is -2.33. The van der Waals surface area contributed by atoms with E-state index in [0.717, 1.165) is 19.5 Å². The molecular weight excluding hydrogens is 166 g/mol. The van der Waals surface area contributed by atoms with Crippen molar-refractivity contribution in [2.75, 3.05) is 13.1 Å². The van der Waals surface area contributed by atoms with Crippen LogP contribution in [0.15, 0.2) is 0 Å². The molecule has 13 heavy (non-hydrogen) atoms. The van der Waals surface area contributed by atoms with E-state index in [4.69, 9.17) is 11.1 Å². The standard InChI is InChI=1S/C9H19N3O/c1-9(2)7(13)3-5-12(9)6-4-8(10)11/h7,13H,3-6H2,1-2H3,(H3,10,11). The summed E-state index contributed by atoms with van der Waals surface area (Å²) >= 11 is 0. The Morgan fingerprint density at radius 2 is 2.31 bits per heavy atom. The quantitative estimate of drug-likeness (QED) is 0.433. The van der Waals surface area contributed by atoms with E-state index in [1.807, 2.05) is 13.8 Å². The Balaban J connectivity index is 2.47. The summed E-state index contributed by atoms with van der Waals surface area (Å²) < 4.78 is 0. The predicted octanol–water partition coefficient (Wildman–Crippen LogP) is 0.158. The van der Waals surface area contributed by atoms with Crippen LogP contribution in [0.3, 0.4) is 0 Å². The van der Waals surface area contributed by atoms with Crippen molar-refractivity contribution in [3.05, 3.63) is 0 Å². The molecule has 76 valence electrons. The van der Waals surface area contributed by atoms with Crippen molar-refractivity contribution in [1.82, 2.24) is 4.90 Å². The summed E-state index contributed by atoms with van der Waals surface area (Å²) in [4.78, 5) is 2.19. The largest absolute Gasteiger partial charge is 0.391 e. The van der Waals surface area contributed by atoms with E-state index in [-0.39, 0.29) is 17.5 Å². The van der Waals surface area contributed by atoms with E-state index in [2.05, 4.69) is 4.90 Å². The van der Waals surface area contributed by atoms with E-state index in [1.165, 1.54) is 0 Å². The molecule has 1 rings (SSSR count). The van der Waals surface area contributed by atoms with Crippen LogP contribution in [0.1, 0.15) is 26.7 Å². The third-order valence-electron chi connectivity index (χ3n) is 2.95. The normalized spacial score (nSPS) is 27.8. The van der Waals surface area contributed by atoms with Gasteiger partial charge in [0.25, 0.3) is 0 Å². The van der Waals surface area contributed by atoms with Gasteiger partial charge in [-0.25, -0.2) is 0 Å². The maximum atomic E-state index is 9.67. The molecule has 4 nitrogen and oxygen atoms in total. The highest BCUT2D eigenvalue weighted by molar-refractivity contribution is 5.76. The second kappa shape index (κ2) is 3.64. The Morgan fingerprint density at radius 3 is 2.69 bits per heavy atom. The summed E-state index contributed by atoms with van der Waals surface area (Å²) in [6.45, 7) is 5.75. The monoisotopic (exact) mass is 185 g/mol. The van der Waals surface area contributed by atoms with Crippen LogP contribution < -0.4 is 5.73 Å². The molecule has 1 fully saturated rings. The summed E-state index contributed by atoms with van der Waals surface area (Å²) in [5.41, 5.74) is 5.13. The maximum Gasteiger partial charge on any atom is 0.0918 e. The molecule has 0 amide bonds. The minimum absolute atomic E-state index is 0.157. The number of amidine groups is 1. The summed E-state index contributed by atoms with van der Waals surface area (Å²) in [5, 5.41) is 16.8. The molecule has 1 unspecified atom stereocenters. The molecular formula is C9H19N3O. The minimum atomic E-state index is -0.251. The van der Waals surface area contributed by atoms with Gasteiger partial charge in [0.15, 0.2) is 0 Å². The fourth-order valence-electron chi connectivity index (χ4n) is 1.79. The van der Waals surface area contributed by atoms with Gasteiger partial charge in [-0.15, -0.1) is 0 Å². The van der Waals surface area contributed by atoms with E-state index in [0.29, 0.717) is 6.42 Å². The van der Waals surface area contributed by atoms with Crippen molar-refractivity contribution in [3.63, 3.8) is 0 Å². The van der Waals surface area contributed by atoms with Gasteiger partial charge in [0.1, 0.15) is 0 Å². The maximum absolute atomic E-state index is 9.67. The van der Waals surface area contributed by atoms with E-state index in [9.17, 15) is 5.11 Å². The van der Waals surface area contributed by atoms with Gasteiger partial charge >= 0.3 is 0 Å². The summed E-state index contributed by atoms with van der Waals surface area (Å²) in [5.74, 6) is 0.220. The molecule has 1 saturated heterocycles. The number of hydrogen-bond donors (Lipinski definition) is 3. The zero-order valence-corrected chi connectivity index (χ0v) is 8.38. The number of likely N-dealkylation sites (tertiary alicyclic amines) is 1. The molecule has 4 heteroatoms. The summed E-state index contributed by atoms with van der Waals surface area (Å²) in [7, 11) is 0. The summed E-state index contributed by atoms with van der Waals surface area (Å²) in [6.07, 6.45) is 1.17. The Kier molecular flexibility index (Phi) is 2.93. The number of nitrogens with one attached hydrogen (secondary N) is 1. The van der Waals surface area contributed by atoms with Crippen LogP contribution in [0.25, 0.3) is 0 Å². The van der Waals surface area contributed by atoms with E-state index in [1.54, 1.807) is 0 Å². The van der Waals surface area contributed by atoms with Gasteiger partial charge in [-0.3, -0.25) is 10.3 Å². The van der Waals surface area contributed by atoms with Crippen LogP contribution >= 0.6 is 0 Å². The highest BCUT2D eigenvalue weighted by Crippen LogP contribution is 2.28. The minimum Gasteiger partial charge on any atom is -0.391 e. The van der Waals surface area contributed by atoms with Crippen LogP contribution in [0.4, 0.5) is 0 Å². The molecule has 0 aromatic heterocycles. The van der Waals surface area contributed by atoms with Gasteiger partial charge in [-0.2, -0.15) is 0 Å². The van der Waals surface area contributed by atoms with Crippen molar-refractivity contribution in [2.45, 2.75) is 38.3 Å². The molecule has 0 bridgehead atoms. The van der Waals surface area contributed by atoms with Crippen LogP contribution in [-0.4, -0.2) is 40.6 Å². The molecule has 1 aliphatic rings. The predicted molar refractivity (Wildman–Crippen MR) is 52.8 cm³/mol. The Bertz CT molecular complexity index is 203. The summed E-state index contributed by atoms with van der Waals surface area (Å²) in [6, 6.07) is 0. The van der Waals surface area contributed by atoms with Crippen LogP contribution in [0.2, 0.25) is 0 Å². The number of nitrogens with zero attached hydrogens (tertiary/aromatic N) is 1. The first-order chi connectivity index (χ1) is 5.94. The molecule has 4 N–H and O–H groups in total. The van der Waals surface area contributed by atoms with Gasteiger partial charge in [-0.05, 0) is 20.3 Å². The Morgan fingerprint density at radius 1 is 1.69 bits per heavy atom. The van der Waals surface area contributed by atoms with Crippen molar-refractivity contribution >= 4 is 5.84 Å². The molecule has 1 heterocycles. The molecule has 0 spiro atoms. The van der Waals surface area contributed by atoms with Crippen LogP contribution in [0, 0.1) is 5.41 Å². The lowest BCUT2D eigenvalue weighted by Crippen LogP contribution is -2.45. The molecule has 1 atom stereocenters. The van der Waals surface area contributed by atoms with Crippen molar-refractivity contribution < 1.29 is 5.11 Å². The van der Waals surface area contributed by atoms with E-state index < -0.39 is 0 Å². The van der Waals surface area contributed by atoms with Crippen LogP contribution in [-0.2, 0) is 0 Å². The van der Waals surface area contributed by atoms with Crippen LogP contribution in [0.5, 0.6) is 0 Å². The first-order valence-corrected chi connectivity index (χ1v) is 4.70. The molecule has 0 aliphatic carbocycles. The first-order valence-electron chi connectivity index (χ1n) is 4.70. The average Bonchev–Trinajstić information content (AvgIpc) is 2.25. The second-order valence-electron chi connectivity index (χ2n) is 4.22. The lowest BCUT2D eigenvalue weighted by atomic mass is 9.99. The SMILES string of the molecule is CC1(C)C(O)CCN1CCC(=N)N. The highest BCUT2D eigenvalue weighted by Gasteiger charge is 2.39. The average molecular weight is 185 g/mol. The molecule has 0 aromatic carbocycles. The Hall–Kier alpha value is -0.610. The molecule has 0 aromatic rings.